The second kappa shape index (κ2) is 6.71. The van der Waals surface area contributed by atoms with Crippen LogP contribution in [0.5, 0.6) is 0 Å². The Kier molecular flexibility index (Phi) is 5.65. The van der Waals surface area contributed by atoms with E-state index < -0.39 is 11.7 Å². The Morgan fingerprint density at radius 1 is 1.18 bits per heavy atom. The summed E-state index contributed by atoms with van der Waals surface area (Å²) in [6.45, 7) is 14.7. The number of allylic oxidation sites excluding steroid dienone is 1. The van der Waals surface area contributed by atoms with E-state index in [0.29, 0.717) is 13.1 Å². The zero-order valence-electron chi connectivity index (χ0n) is 14.9. The summed E-state index contributed by atoms with van der Waals surface area (Å²) in [5.41, 5.74) is 0.225. The number of hydrogen-bond acceptors (Lipinski definition) is 3. The molecule has 5 nitrogen and oxygen atoms in total. The van der Waals surface area contributed by atoms with Crippen molar-refractivity contribution in [1.82, 2.24) is 10.2 Å². The summed E-state index contributed by atoms with van der Waals surface area (Å²) in [6, 6.07) is -0.0405. The van der Waals surface area contributed by atoms with Crippen molar-refractivity contribution in [2.24, 2.45) is 5.41 Å². The van der Waals surface area contributed by atoms with Gasteiger partial charge in [-0.25, -0.2) is 4.79 Å². The topological polar surface area (TPSA) is 58.6 Å². The summed E-state index contributed by atoms with van der Waals surface area (Å²) >= 11 is 0. The van der Waals surface area contributed by atoms with Gasteiger partial charge in [-0.3, -0.25) is 4.79 Å². The van der Waals surface area contributed by atoms with Crippen molar-refractivity contribution in [1.29, 1.82) is 0 Å². The van der Waals surface area contributed by atoms with Crippen LogP contribution in [0.25, 0.3) is 0 Å². The van der Waals surface area contributed by atoms with E-state index in [-0.39, 0.29) is 17.4 Å². The average molecular weight is 310 g/mol. The first-order valence-corrected chi connectivity index (χ1v) is 7.86. The van der Waals surface area contributed by atoms with Crippen molar-refractivity contribution in [2.45, 2.75) is 66.5 Å². The number of rotatable bonds is 2. The lowest BCUT2D eigenvalue weighted by Gasteiger charge is -2.22. The van der Waals surface area contributed by atoms with Crippen LogP contribution in [0.1, 0.15) is 54.9 Å². The molecule has 1 rings (SSSR count). The molecule has 126 valence electrons. The Balaban J connectivity index is 2.54. The van der Waals surface area contributed by atoms with Gasteiger partial charge in [0.2, 0.25) is 5.91 Å². The van der Waals surface area contributed by atoms with Crippen LogP contribution in [0.4, 0.5) is 4.79 Å². The molecule has 0 aromatic carbocycles. The molecular formula is C17H30N2O3. The smallest absolute Gasteiger partial charge is 0.407 e. The van der Waals surface area contributed by atoms with E-state index in [4.69, 9.17) is 4.74 Å². The summed E-state index contributed by atoms with van der Waals surface area (Å²) in [4.78, 5) is 26.0. The average Bonchev–Trinajstić information content (AvgIpc) is 2.71. The maximum atomic E-state index is 12.4. The SMILES string of the molecule is C/C(=C\C(C)(C)C)C(=O)N1CC[C@H](NC(=O)OC(C)(C)C)C1. The van der Waals surface area contributed by atoms with Crippen LogP contribution in [0.2, 0.25) is 0 Å². The van der Waals surface area contributed by atoms with Crippen LogP contribution in [0, 0.1) is 5.41 Å². The fourth-order valence-corrected chi connectivity index (χ4v) is 2.50. The molecule has 0 aromatic heterocycles. The summed E-state index contributed by atoms with van der Waals surface area (Å²) < 4.78 is 5.24. The highest BCUT2D eigenvalue weighted by molar-refractivity contribution is 5.93. The number of carbonyl (C=O) groups excluding carboxylic acids is 2. The second-order valence-electron chi connectivity index (χ2n) is 8.08. The maximum Gasteiger partial charge on any atom is 0.407 e. The van der Waals surface area contributed by atoms with E-state index in [9.17, 15) is 9.59 Å². The molecule has 0 radical (unpaired) electrons. The van der Waals surface area contributed by atoms with Crippen molar-refractivity contribution in [3.8, 4) is 0 Å². The Morgan fingerprint density at radius 3 is 2.27 bits per heavy atom. The molecule has 2 amide bonds. The second-order valence-corrected chi connectivity index (χ2v) is 8.08. The van der Waals surface area contributed by atoms with Gasteiger partial charge < -0.3 is 15.0 Å². The van der Waals surface area contributed by atoms with Crippen molar-refractivity contribution in [3.05, 3.63) is 11.6 Å². The lowest BCUT2D eigenvalue weighted by molar-refractivity contribution is -0.126. The molecule has 1 N–H and O–H groups in total. The molecule has 1 heterocycles. The standard InChI is InChI=1S/C17H30N2O3/c1-12(10-16(2,3)4)14(20)19-9-8-13(11-19)18-15(21)22-17(5,6)7/h10,13H,8-9,11H2,1-7H3,(H,18,21)/b12-10+/t13-/m0/s1. The number of carbonyl (C=O) groups is 2. The zero-order chi connectivity index (χ0) is 17.1. The van der Waals surface area contributed by atoms with Crippen LogP contribution in [-0.2, 0) is 9.53 Å². The van der Waals surface area contributed by atoms with Gasteiger partial charge in [-0.1, -0.05) is 26.8 Å². The van der Waals surface area contributed by atoms with E-state index in [1.165, 1.54) is 0 Å². The van der Waals surface area contributed by atoms with Crippen molar-refractivity contribution in [3.63, 3.8) is 0 Å². The summed E-state index contributed by atoms with van der Waals surface area (Å²) in [7, 11) is 0. The van der Waals surface area contributed by atoms with Crippen molar-refractivity contribution in [2.75, 3.05) is 13.1 Å². The van der Waals surface area contributed by atoms with Crippen LogP contribution < -0.4 is 5.32 Å². The number of likely N-dealkylation sites (tertiary alicyclic amines) is 1. The molecule has 1 aliphatic heterocycles. The quantitative estimate of drug-likeness (QED) is 0.797. The van der Waals surface area contributed by atoms with Crippen LogP contribution in [0.3, 0.4) is 0 Å². The van der Waals surface area contributed by atoms with Gasteiger partial charge in [-0.05, 0) is 39.5 Å². The molecule has 0 aromatic rings. The molecule has 0 unspecified atom stereocenters. The van der Waals surface area contributed by atoms with E-state index in [2.05, 4.69) is 26.1 Å². The first-order valence-electron chi connectivity index (χ1n) is 7.86. The first-order chi connectivity index (χ1) is 9.87. The van der Waals surface area contributed by atoms with Gasteiger partial charge in [0.05, 0.1) is 6.04 Å². The number of amides is 2. The molecule has 0 aliphatic carbocycles. The van der Waals surface area contributed by atoms with E-state index >= 15 is 0 Å². The van der Waals surface area contributed by atoms with Crippen molar-refractivity contribution >= 4 is 12.0 Å². The summed E-state index contributed by atoms with van der Waals surface area (Å²) in [5, 5.41) is 2.83. The van der Waals surface area contributed by atoms with Crippen LogP contribution in [-0.4, -0.2) is 41.6 Å². The highest BCUT2D eigenvalue weighted by Crippen LogP contribution is 2.20. The Bertz CT molecular complexity index is 456. The third kappa shape index (κ3) is 6.50. The minimum atomic E-state index is -0.510. The minimum absolute atomic E-state index is 0.0202. The van der Waals surface area contributed by atoms with Gasteiger partial charge in [0, 0.05) is 18.7 Å². The third-order valence-electron chi connectivity index (χ3n) is 3.18. The maximum absolute atomic E-state index is 12.4. The monoisotopic (exact) mass is 310 g/mol. The van der Waals surface area contributed by atoms with Gasteiger partial charge in [0.25, 0.3) is 0 Å². The van der Waals surface area contributed by atoms with Gasteiger partial charge in [0.1, 0.15) is 5.60 Å². The lowest BCUT2D eigenvalue weighted by atomic mass is 9.93. The van der Waals surface area contributed by atoms with Crippen LogP contribution >= 0.6 is 0 Å². The fraction of sp³-hybridized carbons (Fsp3) is 0.765. The Hall–Kier alpha value is -1.52. The summed E-state index contributed by atoms with van der Waals surface area (Å²) in [6.07, 6.45) is 2.33. The fourth-order valence-electron chi connectivity index (χ4n) is 2.50. The number of nitrogens with one attached hydrogen (secondary N) is 1. The molecule has 0 bridgehead atoms. The molecule has 0 saturated carbocycles. The Morgan fingerprint density at radius 2 is 1.77 bits per heavy atom. The molecule has 1 saturated heterocycles. The first kappa shape index (κ1) is 18.5. The molecule has 5 heteroatoms. The molecule has 1 atom stereocenters. The molecular weight excluding hydrogens is 280 g/mol. The number of nitrogens with zero attached hydrogens (tertiary/aromatic N) is 1. The van der Waals surface area contributed by atoms with Gasteiger partial charge in [0.15, 0.2) is 0 Å². The minimum Gasteiger partial charge on any atom is -0.444 e. The Labute approximate surface area is 134 Å². The lowest BCUT2D eigenvalue weighted by Crippen LogP contribution is -2.41. The third-order valence-corrected chi connectivity index (χ3v) is 3.18. The van der Waals surface area contributed by atoms with E-state index in [0.717, 1.165) is 12.0 Å². The van der Waals surface area contributed by atoms with E-state index in [1.807, 2.05) is 33.8 Å². The highest BCUT2D eigenvalue weighted by atomic mass is 16.6. The van der Waals surface area contributed by atoms with Gasteiger partial charge in [-0.15, -0.1) is 0 Å². The zero-order valence-corrected chi connectivity index (χ0v) is 14.9. The molecule has 22 heavy (non-hydrogen) atoms. The predicted octanol–water partition coefficient (Wildman–Crippen LogP) is 3.10. The number of hydrogen-bond donors (Lipinski definition) is 1. The highest BCUT2D eigenvalue weighted by Gasteiger charge is 2.29. The van der Waals surface area contributed by atoms with Gasteiger partial charge in [-0.2, -0.15) is 0 Å². The molecule has 1 aliphatic rings. The van der Waals surface area contributed by atoms with Crippen molar-refractivity contribution < 1.29 is 14.3 Å². The largest absolute Gasteiger partial charge is 0.444 e. The van der Waals surface area contributed by atoms with Gasteiger partial charge >= 0.3 is 6.09 Å². The molecule has 0 spiro atoms. The summed E-state index contributed by atoms with van der Waals surface area (Å²) in [5.74, 6) is 0.0448. The number of ether oxygens (including phenoxy) is 1. The van der Waals surface area contributed by atoms with E-state index in [1.54, 1.807) is 4.90 Å². The van der Waals surface area contributed by atoms with Crippen LogP contribution in [0.15, 0.2) is 11.6 Å². The number of alkyl carbamates (subject to hydrolysis) is 1. The molecule has 1 fully saturated rings. The predicted molar refractivity (Wildman–Crippen MR) is 87.6 cm³/mol. The normalized spacial score (nSPS) is 20.0.